The molecular weight excluding hydrogens is 451 g/mol. The van der Waals surface area contributed by atoms with Crippen molar-refractivity contribution in [1.29, 1.82) is 0 Å². The van der Waals surface area contributed by atoms with Gasteiger partial charge in [0.1, 0.15) is 12.5 Å². The summed E-state index contributed by atoms with van der Waals surface area (Å²) in [5, 5.41) is 0. The van der Waals surface area contributed by atoms with Crippen LogP contribution in [0, 0.1) is 5.92 Å². The number of hydrogen-bond acceptors (Lipinski definition) is 7. The van der Waals surface area contributed by atoms with E-state index in [9.17, 15) is 14.2 Å². The van der Waals surface area contributed by atoms with Gasteiger partial charge in [-0.2, -0.15) is 0 Å². The molecule has 1 heterocycles. The SMILES string of the molecule is CCOC(=O)C(C1C(=O)OC/C1=C(\Br)c1ccccc1)P(=O)(OCC)OCC. The summed E-state index contributed by atoms with van der Waals surface area (Å²) in [6, 6.07) is 9.25. The van der Waals surface area contributed by atoms with Gasteiger partial charge in [-0.3, -0.25) is 14.2 Å². The third kappa shape index (κ3) is 4.92. The molecule has 2 rings (SSSR count). The van der Waals surface area contributed by atoms with Crippen molar-refractivity contribution in [1.82, 2.24) is 0 Å². The molecule has 1 saturated heterocycles. The van der Waals surface area contributed by atoms with Crippen LogP contribution in [0.4, 0.5) is 0 Å². The first-order valence-electron chi connectivity index (χ1n) is 9.05. The maximum atomic E-state index is 13.5. The summed E-state index contributed by atoms with van der Waals surface area (Å²) in [6.45, 7) is 5.03. The van der Waals surface area contributed by atoms with E-state index in [1.54, 1.807) is 20.8 Å². The second-order valence-electron chi connectivity index (χ2n) is 5.86. The van der Waals surface area contributed by atoms with Gasteiger partial charge in [-0.1, -0.05) is 46.3 Å². The van der Waals surface area contributed by atoms with Crippen molar-refractivity contribution in [2.45, 2.75) is 26.4 Å². The Morgan fingerprint density at radius 1 is 1.18 bits per heavy atom. The standard InChI is InChI=1S/C19H24BrO7P/c1-4-24-19(22)17(28(23,26-5-2)27-6-3)15-14(12-25-18(15)21)16(20)13-10-8-7-9-11-13/h7-11,15,17H,4-6,12H2,1-3H3/b16-14+. The minimum absolute atomic E-state index is 0.0346. The summed E-state index contributed by atoms with van der Waals surface area (Å²) in [4.78, 5) is 25.4. The molecule has 0 spiro atoms. The van der Waals surface area contributed by atoms with Crippen LogP contribution in [0.25, 0.3) is 4.48 Å². The zero-order chi connectivity index (χ0) is 20.7. The van der Waals surface area contributed by atoms with Crippen LogP contribution in [0.5, 0.6) is 0 Å². The van der Waals surface area contributed by atoms with Crippen LogP contribution in [-0.4, -0.2) is 44.0 Å². The highest BCUT2D eigenvalue weighted by Crippen LogP contribution is 2.58. The average Bonchev–Trinajstić information content (AvgIpc) is 3.04. The molecule has 0 bridgehead atoms. The van der Waals surface area contributed by atoms with Gasteiger partial charge in [0.25, 0.3) is 0 Å². The van der Waals surface area contributed by atoms with Crippen LogP contribution in [0.1, 0.15) is 26.3 Å². The molecule has 1 aromatic carbocycles. The van der Waals surface area contributed by atoms with Gasteiger partial charge in [0.2, 0.25) is 0 Å². The molecule has 1 fully saturated rings. The Hall–Kier alpha value is -1.47. The summed E-state index contributed by atoms with van der Waals surface area (Å²) >= 11 is 3.51. The van der Waals surface area contributed by atoms with Crippen molar-refractivity contribution < 1.29 is 32.7 Å². The average molecular weight is 475 g/mol. The van der Waals surface area contributed by atoms with Crippen LogP contribution in [0.3, 0.4) is 0 Å². The molecule has 2 unspecified atom stereocenters. The monoisotopic (exact) mass is 474 g/mol. The fourth-order valence-electron chi connectivity index (χ4n) is 2.99. The second-order valence-corrected chi connectivity index (χ2v) is 8.81. The van der Waals surface area contributed by atoms with Crippen LogP contribution < -0.4 is 0 Å². The Labute approximate surface area is 173 Å². The first kappa shape index (κ1) is 22.8. The predicted octanol–water partition coefficient (Wildman–Crippen LogP) is 4.16. The van der Waals surface area contributed by atoms with E-state index in [0.29, 0.717) is 10.1 Å². The fourth-order valence-corrected chi connectivity index (χ4v) is 5.73. The number of hydrogen-bond donors (Lipinski definition) is 0. The molecule has 154 valence electrons. The molecule has 9 heteroatoms. The van der Waals surface area contributed by atoms with E-state index >= 15 is 0 Å². The molecule has 28 heavy (non-hydrogen) atoms. The molecule has 2 atom stereocenters. The molecule has 0 saturated carbocycles. The Kier molecular flexibility index (Phi) is 8.43. The molecule has 1 aliphatic heterocycles. The van der Waals surface area contributed by atoms with Gasteiger partial charge < -0.3 is 18.5 Å². The normalized spacial score (nSPS) is 19.9. The zero-order valence-electron chi connectivity index (χ0n) is 16.1. The summed E-state index contributed by atoms with van der Waals surface area (Å²) in [5.74, 6) is -2.62. The lowest BCUT2D eigenvalue weighted by Crippen LogP contribution is -2.36. The van der Waals surface area contributed by atoms with Crippen molar-refractivity contribution in [3.63, 3.8) is 0 Å². The molecule has 0 N–H and O–H groups in total. The fraction of sp³-hybridized carbons (Fsp3) is 0.474. The highest BCUT2D eigenvalue weighted by atomic mass is 79.9. The van der Waals surface area contributed by atoms with Crippen molar-refractivity contribution in [3.05, 3.63) is 41.5 Å². The van der Waals surface area contributed by atoms with Gasteiger partial charge >= 0.3 is 19.5 Å². The molecular formula is C19H24BrO7P. The number of ether oxygens (including phenoxy) is 2. The smallest absolute Gasteiger partial charge is 0.346 e. The van der Waals surface area contributed by atoms with Crippen LogP contribution in [0.15, 0.2) is 35.9 Å². The van der Waals surface area contributed by atoms with Crippen LogP contribution >= 0.6 is 23.5 Å². The Balaban J connectivity index is 2.60. The van der Waals surface area contributed by atoms with E-state index in [-0.39, 0.29) is 26.4 Å². The molecule has 0 amide bonds. The molecule has 1 aliphatic rings. The van der Waals surface area contributed by atoms with Crippen molar-refractivity contribution in [2.24, 2.45) is 5.92 Å². The topological polar surface area (TPSA) is 88.1 Å². The number of benzene rings is 1. The Morgan fingerprint density at radius 2 is 1.79 bits per heavy atom. The van der Waals surface area contributed by atoms with Gasteiger partial charge in [0, 0.05) is 4.48 Å². The molecule has 0 radical (unpaired) electrons. The minimum atomic E-state index is -4.00. The summed E-state index contributed by atoms with van der Waals surface area (Å²) in [7, 11) is -4.00. The number of carbonyl (C=O) groups excluding carboxylic acids is 2. The van der Waals surface area contributed by atoms with Crippen molar-refractivity contribution >= 4 is 39.9 Å². The Bertz CT molecular complexity index is 768. The number of halogens is 1. The van der Waals surface area contributed by atoms with Gasteiger partial charge in [-0.15, -0.1) is 0 Å². The maximum Gasteiger partial charge on any atom is 0.346 e. The third-order valence-corrected chi connectivity index (χ3v) is 7.50. The Morgan fingerprint density at radius 3 is 2.32 bits per heavy atom. The molecule has 1 aromatic rings. The van der Waals surface area contributed by atoms with Gasteiger partial charge in [0.05, 0.1) is 19.8 Å². The van der Waals surface area contributed by atoms with E-state index in [4.69, 9.17) is 18.5 Å². The lowest BCUT2D eigenvalue weighted by atomic mass is 9.95. The number of cyclic esters (lactones) is 1. The van der Waals surface area contributed by atoms with Gasteiger partial charge in [0.15, 0.2) is 5.66 Å². The predicted molar refractivity (Wildman–Crippen MR) is 108 cm³/mol. The number of esters is 2. The maximum absolute atomic E-state index is 13.5. The van der Waals surface area contributed by atoms with E-state index in [1.165, 1.54) is 0 Å². The highest BCUT2D eigenvalue weighted by Gasteiger charge is 2.55. The van der Waals surface area contributed by atoms with Crippen molar-refractivity contribution in [3.8, 4) is 0 Å². The molecule has 7 nitrogen and oxygen atoms in total. The first-order chi connectivity index (χ1) is 13.4. The summed E-state index contributed by atoms with van der Waals surface area (Å²) in [6.07, 6.45) is 0. The van der Waals surface area contributed by atoms with E-state index in [2.05, 4.69) is 15.9 Å². The lowest BCUT2D eigenvalue weighted by molar-refractivity contribution is -0.149. The highest BCUT2D eigenvalue weighted by molar-refractivity contribution is 9.15. The van der Waals surface area contributed by atoms with Crippen LogP contribution in [0.2, 0.25) is 0 Å². The lowest BCUT2D eigenvalue weighted by Gasteiger charge is -2.28. The third-order valence-electron chi connectivity index (χ3n) is 4.11. The van der Waals surface area contributed by atoms with Gasteiger partial charge in [-0.05, 0) is 31.9 Å². The van der Waals surface area contributed by atoms with E-state index < -0.39 is 31.1 Å². The number of carbonyl (C=O) groups is 2. The molecule has 0 aliphatic carbocycles. The molecule has 0 aromatic heterocycles. The van der Waals surface area contributed by atoms with Crippen LogP contribution in [-0.2, 0) is 32.7 Å². The quantitative estimate of drug-likeness (QED) is 0.392. The number of rotatable bonds is 9. The van der Waals surface area contributed by atoms with E-state index in [1.807, 2.05) is 30.3 Å². The van der Waals surface area contributed by atoms with E-state index in [0.717, 1.165) is 5.56 Å². The van der Waals surface area contributed by atoms with Crippen molar-refractivity contribution in [2.75, 3.05) is 26.4 Å². The summed E-state index contributed by atoms with van der Waals surface area (Å²) in [5.41, 5.74) is -0.159. The largest absolute Gasteiger partial charge is 0.465 e. The first-order valence-corrected chi connectivity index (χ1v) is 11.5. The van der Waals surface area contributed by atoms with Gasteiger partial charge in [-0.25, -0.2) is 0 Å². The minimum Gasteiger partial charge on any atom is -0.465 e. The zero-order valence-corrected chi connectivity index (χ0v) is 18.5. The summed E-state index contributed by atoms with van der Waals surface area (Å²) < 4.78 is 35.2. The second kappa shape index (κ2) is 10.3.